The van der Waals surface area contributed by atoms with Crippen LogP contribution in [0, 0.1) is 5.92 Å². The number of aromatic nitrogens is 1. The molecule has 0 saturated heterocycles. The van der Waals surface area contributed by atoms with Crippen LogP contribution in [0.2, 0.25) is 5.02 Å². The molecule has 0 saturated carbocycles. The summed E-state index contributed by atoms with van der Waals surface area (Å²) in [6.07, 6.45) is 0. The number of esters is 1. The first-order valence-corrected chi connectivity index (χ1v) is 9.14. The number of benzene rings is 2. The molecule has 3 rings (SSSR count). The molecule has 0 unspecified atom stereocenters. The fraction of sp³-hybridized carbons (Fsp3) is 0.200. The lowest BCUT2D eigenvalue weighted by Crippen LogP contribution is -2.11. The molecule has 1 aromatic heterocycles. The largest absolute Gasteiger partial charge is 0.462 e. The van der Waals surface area contributed by atoms with Gasteiger partial charge in [0.25, 0.3) is 0 Å². The zero-order valence-electron chi connectivity index (χ0n) is 13.9. The quantitative estimate of drug-likeness (QED) is 0.478. The van der Waals surface area contributed by atoms with E-state index in [0.29, 0.717) is 22.9 Å². The number of pyridine rings is 1. The van der Waals surface area contributed by atoms with Crippen LogP contribution < -0.4 is 0 Å². The summed E-state index contributed by atoms with van der Waals surface area (Å²) in [6, 6.07) is 14.8. The molecule has 0 spiro atoms. The fourth-order valence-corrected chi connectivity index (χ4v) is 2.94. The van der Waals surface area contributed by atoms with E-state index in [1.54, 1.807) is 18.2 Å². The average Bonchev–Trinajstić information content (AvgIpc) is 2.59. The summed E-state index contributed by atoms with van der Waals surface area (Å²) in [5.41, 5.74) is 2.86. The summed E-state index contributed by atoms with van der Waals surface area (Å²) in [7, 11) is 0. The van der Waals surface area contributed by atoms with Crippen molar-refractivity contribution in [1.29, 1.82) is 0 Å². The van der Waals surface area contributed by atoms with Crippen molar-refractivity contribution >= 4 is 44.4 Å². The standard InChI is InChI=1S/C20H17BrClNO2/c1-12(2)11-25-20(24)17-10-19(13-3-6-15(22)7-4-13)23-18-8-5-14(21)9-16(17)18/h3-10,12H,11H2,1-2H3. The van der Waals surface area contributed by atoms with Crippen LogP contribution in [0.1, 0.15) is 24.2 Å². The molecule has 25 heavy (non-hydrogen) atoms. The Morgan fingerprint density at radius 2 is 1.88 bits per heavy atom. The van der Waals surface area contributed by atoms with Gasteiger partial charge in [0.05, 0.1) is 23.4 Å². The van der Waals surface area contributed by atoms with Crippen molar-refractivity contribution in [3.8, 4) is 11.3 Å². The number of nitrogens with zero attached hydrogens (tertiary/aromatic N) is 1. The Hall–Kier alpha value is -1.91. The number of rotatable bonds is 4. The molecular weight excluding hydrogens is 402 g/mol. The van der Waals surface area contributed by atoms with Gasteiger partial charge in [-0.05, 0) is 42.3 Å². The minimum Gasteiger partial charge on any atom is -0.462 e. The van der Waals surface area contributed by atoms with E-state index in [2.05, 4.69) is 20.9 Å². The van der Waals surface area contributed by atoms with Crippen molar-refractivity contribution in [3.05, 3.63) is 63.6 Å². The lowest BCUT2D eigenvalue weighted by Gasteiger charge is -2.11. The van der Waals surface area contributed by atoms with Gasteiger partial charge in [-0.15, -0.1) is 0 Å². The Bertz CT molecular complexity index is 923. The Morgan fingerprint density at radius 1 is 1.16 bits per heavy atom. The van der Waals surface area contributed by atoms with Crippen LogP contribution in [-0.4, -0.2) is 17.6 Å². The highest BCUT2D eigenvalue weighted by Gasteiger charge is 2.16. The van der Waals surface area contributed by atoms with E-state index in [1.165, 1.54) is 0 Å². The highest BCUT2D eigenvalue weighted by Crippen LogP contribution is 2.28. The Balaban J connectivity index is 2.13. The topological polar surface area (TPSA) is 39.2 Å². The monoisotopic (exact) mass is 417 g/mol. The molecule has 1 heterocycles. The van der Waals surface area contributed by atoms with Gasteiger partial charge < -0.3 is 4.74 Å². The molecule has 5 heteroatoms. The second-order valence-corrected chi connectivity index (χ2v) is 7.57. The van der Waals surface area contributed by atoms with Crippen LogP contribution >= 0.6 is 27.5 Å². The predicted octanol–water partition coefficient (Wildman–Crippen LogP) is 6.13. The second-order valence-electron chi connectivity index (χ2n) is 6.22. The van der Waals surface area contributed by atoms with Crippen molar-refractivity contribution in [2.75, 3.05) is 6.61 Å². The van der Waals surface area contributed by atoms with E-state index in [4.69, 9.17) is 16.3 Å². The van der Waals surface area contributed by atoms with Crippen LogP contribution in [0.5, 0.6) is 0 Å². The maximum Gasteiger partial charge on any atom is 0.338 e. The first-order valence-electron chi connectivity index (χ1n) is 7.97. The number of carbonyl (C=O) groups is 1. The van der Waals surface area contributed by atoms with Crippen molar-refractivity contribution in [3.63, 3.8) is 0 Å². The Morgan fingerprint density at radius 3 is 2.56 bits per heavy atom. The minimum absolute atomic E-state index is 0.277. The Kier molecular flexibility index (Phi) is 5.40. The number of hydrogen-bond donors (Lipinski definition) is 0. The summed E-state index contributed by atoms with van der Waals surface area (Å²) < 4.78 is 6.33. The summed E-state index contributed by atoms with van der Waals surface area (Å²) in [6.45, 7) is 4.40. The molecule has 0 aliphatic carbocycles. The van der Waals surface area contributed by atoms with Crippen molar-refractivity contribution < 1.29 is 9.53 Å². The zero-order valence-corrected chi connectivity index (χ0v) is 16.3. The van der Waals surface area contributed by atoms with Gasteiger partial charge in [0.2, 0.25) is 0 Å². The van der Waals surface area contributed by atoms with Gasteiger partial charge in [0, 0.05) is 20.4 Å². The average molecular weight is 419 g/mol. The third-order valence-electron chi connectivity index (χ3n) is 3.68. The van der Waals surface area contributed by atoms with E-state index in [0.717, 1.165) is 20.9 Å². The molecule has 0 bridgehead atoms. The maximum atomic E-state index is 12.6. The second kappa shape index (κ2) is 7.54. The molecule has 2 aromatic carbocycles. The van der Waals surface area contributed by atoms with Crippen LogP contribution in [0.3, 0.4) is 0 Å². The highest BCUT2D eigenvalue weighted by atomic mass is 79.9. The van der Waals surface area contributed by atoms with Crippen LogP contribution in [0.25, 0.3) is 22.2 Å². The van der Waals surface area contributed by atoms with E-state index in [-0.39, 0.29) is 11.9 Å². The predicted molar refractivity (Wildman–Crippen MR) is 105 cm³/mol. The lowest BCUT2D eigenvalue weighted by atomic mass is 10.0. The first kappa shape index (κ1) is 17.9. The molecule has 0 atom stereocenters. The van der Waals surface area contributed by atoms with Crippen LogP contribution in [0.4, 0.5) is 0 Å². The molecule has 0 amide bonds. The van der Waals surface area contributed by atoms with E-state index < -0.39 is 0 Å². The third-order valence-corrected chi connectivity index (χ3v) is 4.42. The smallest absolute Gasteiger partial charge is 0.338 e. The summed E-state index contributed by atoms with van der Waals surface area (Å²) in [4.78, 5) is 17.3. The molecule has 0 aliphatic rings. The number of halogens is 2. The van der Waals surface area contributed by atoms with Gasteiger partial charge >= 0.3 is 5.97 Å². The van der Waals surface area contributed by atoms with Gasteiger partial charge in [-0.3, -0.25) is 0 Å². The van der Waals surface area contributed by atoms with Gasteiger partial charge in [0.15, 0.2) is 0 Å². The minimum atomic E-state index is -0.339. The molecule has 0 N–H and O–H groups in total. The van der Waals surface area contributed by atoms with Crippen molar-refractivity contribution in [2.45, 2.75) is 13.8 Å². The first-order chi connectivity index (χ1) is 11.9. The number of carbonyl (C=O) groups excluding carboxylic acids is 1. The number of ether oxygens (including phenoxy) is 1. The van der Waals surface area contributed by atoms with E-state index in [1.807, 2.05) is 44.2 Å². The Labute approximate surface area is 160 Å². The third kappa shape index (κ3) is 4.20. The molecule has 0 fully saturated rings. The van der Waals surface area contributed by atoms with Crippen LogP contribution in [0.15, 0.2) is 53.0 Å². The highest BCUT2D eigenvalue weighted by molar-refractivity contribution is 9.10. The molecular formula is C20H17BrClNO2. The molecule has 3 aromatic rings. The van der Waals surface area contributed by atoms with Crippen molar-refractivity contribution in [1.82, 2.24) is 4.98 Å². The SMILES string of the molecule is CC(C)COC(=O)c1cc(-c2ccc(Cl)cc2)nc2ccc(Br)cc12. The zero-order chi connectivity index (χ0) is 18.0. The van der Waals surface area contributed by atoms with Gasteiger partial charge in [0.1, 0.15) is 0 Å². The normalized spacial score (nSPS) is 11.1. The molecule has 0 aliphatic heterocycles. The fourth-order valence-electron chi connectivity index (χ4n) is 2.46. The van der Waals surface area contributed by atoms with Gasteiger partial charge in [-0.2, -0.15) is 0 Å². The van der Waals surface area contributed by atoms with Crippen molar-refractivity contribution in [2.24, 2.45) is 5.92 Å². The molecule has 3 nitrogen and oxygen atoms in total. The van der Waals surface area contributed by atoms with Gasteiger partial charge in [-0.25, -0.2) is 9.78 Å². The van der Waals surface area contributed by atoms with E-state index in [9.17, 15) is 4.79 Å². The number of hydrogen-bond acceptors (Lipinski definition) is 3. The van der Waals surface area contributed by atoms with Gasteiger partial charge in [-0.1, -0.05) is 53.5 Å². The van der Waals surface area contributed by atoms with E-state index >= 15 is 0 Å². The molecule has 128 valence electrons. The summed E-state index contributed by atoms with van der Waals surface area (Å²) in [5, 5.41) is 1.42. The summed E-state index contributed by atoms with van der Waals surface area (Å²) >= 11 is 9.42. The number of fused-ring (bicyclic) bond motifs is 1. The summed E-state index contributed by atoms with van der Waals surface area (Å²) in [5.74, 6) is -0.0612. The van der Waals surface area contributed by atoms with Crippen LogP contribution in [-0.2, 0) is 4.74 Å². The molecule has 0 radical (unpaired) electrons. The maximum absolute atomic E-state index is 12.6. The lowest BCUT2D eigenvalue weighted by molar-refractivity contribution is 0.0461.